The van der Waals surface area contributed by atoms with Crippen LogP contribution < -0.4 is 5.43 Å². The number of likely N-dealkylation sites (tertiary alicyclic amines) is 1. The lowest BCUT2D eigenvalue weighted by Crippen LogP contribution is -2.39. The highest BCUT2D eigenvalue weighted by Gasteiger charge is 2.30. The molecule has 1 atom stereocenters. The van der Waals surface area contributed by atoms with Crippen LogP contribution in [-0.2, 0) is 0 Å². The number of amides is 1. The minimum Gasteiger partial charge on any atom is -0.456 e. The quantitative estimate of drug-likeness (QED) is 0.701. The molecule has 1 saturated heterocycles. The predicted molar refractivity (Wildman–Crippen MR) is 95.1 cm³/mol. The highest BCUT2D eigenvalue weighted by Crippen LogP contribution is 2.28. The minimum absolute atomic E-state index is 0.0576. The molecule has 8 nitrogen and oxygen atoms in total. The van der Waals surface area contributed by atoms with Gasteiger partial charge in [-0.25, -0.2) is 0 Å². The normalized spacial score (nSPS) is 17.1. The Morgan fingerprint density at radius 3 is 3.00 bits per heavy atom. The molecule has 1 aliphatic rings. The van der Waals surface area contributed by atoms with E-state index in [4.69, 9.17) is 8.94 Å². The third-order valence-corrected chi connectivity index (χ3v) is 4.52. The molecule has 27 heavy (non-hydrogen) atoms. The van der Waals surface area contributed by atoms with Crippen molar-refractivity contribution >= 4 is 5.91 Å². The van der Waals surface area contributed by atoms with Gasteiger partial charge >= 0.3 is 0 Å². The number of hydrogen-bond donors (Lipinski definition) is 0. The Labute approximate surface area is 154 Å². The van der Waals surface area contributed by atoms with Gasteiger partial charge in [0.05, 0.1) is 5.92 Å². The van der Waals surface area contributed by atoms with Crippen LogP contribution in [0.3, 0.4) is 0 Å². The molecule has 0 aliphatic carbocycles. The fraction of sp³-hybridized carbons (Fsp3) is 0.316. The van der Waals surface area contributed by atoms with Crippen LogP contribution >= 0.6 is 0 Å². The maximum absolute atomic E-state index is 12.7. The Bertz CT molecular complexity index is 1010. The van der Waals surface area contributed by atoms with Gasteiger partial charge in [0, 0.05) is 43.2 Å². The van der Waals surface area contributed by atoms with Gasteiger partial charge in [-0.3, -0.25) is 14.6 Å². The minimum atomic E-state index is -0.299. The molecule has 1 amide bonds. The van der Waals surface area contributed by atoms with E-state index in [-0.39, 0.29) is 23.0 Å². The number of piperidine rings is 1. The van der Waals surface area contributed by atoms with E-state index in [0.717, 1.165) is 18.4 Å². The number of aromatic nitrogens is 3. The molecule has 0 aromatic carbocycles. The number of nitrogens with zero attached hydrogens (tertiary/aromatic N) is 4. The molecule has 138 valence electrons. The van der Waals surface area contributed by atoms with E-state index in [1.54, 1.807) is 24.2 Å². The van der Waals surface area contributed by atoms with Crippen molar-refractivity contribution in [2.75, 3.05) is 13.1 Å². The smallest absolute Gasteiger partial charge is 0.289 e. The maximum atomic E-state index is 12.7. The zero-order valence-electron chi connectivity index (χ0n) is 14.8. The molecule has 0 bridgehead atoms. The summed E-state index contributed by atoms with van der Waals surface area (Å²) in [6.07, 6.45) is 5.00. The Morgan fingerprint density at radius 1 is 1.33 bits per heavy atom. The fourth-order valence-corrected chi connectivity index (χ4v) is 3.24. The molecule has 0 unspecified atom stereocenters. The average Bonchev–Trinajstić information content (AvgIpc) is 3.18. The molecule has 0 radical (unpaired) electrons. The second-order valence-electron chi connectivity index (χ2n) is 6.56. The standard InChI is InChI=1S/C19H18N4O4/c1-12-8-15(24)9-16(26-12)19(25)23-7-3-5-14(11-23)18-21-17(22-27-18)13-4-2-6-20-10-13/h2,4,6,8-10,14H,3,5,7,11H2,1H3/t14-/m0/s1. The van der Waals surface area contributed by atoms with Crippen molar-refractivity contribution in [2.24, 2.45) is 0 Å². The molecule has 3 aromatic rings. The summed E-state index contributed by atoms with van der Waals surface area (Å²) in [5, 5.41) is 4.02. The molecule has 0 N–H and O–H groups in total. The maximum Gasteiger partial charge on any atom is 0.289 e. The van der Waals surface area contributed by atoms with E-state index >= 15 is 0 Å². The Kier molecular flexibility index (Phi) is 4.53. The first-order chi connectivity index (χ1) is 13.1. The average molecular weight is 366 g/mol. The number of aryl methyl sites for hydroxylation is 1. The summed E-state index contributed by atoms with van der Waals surface area (Å²) in [7, 11) is 0. The molecule has 0 saturated carbocycles. The summed E-state index contributed by atoms with van der Waals surface area (Å²) in [6.45, 7) is 2.68. The Balaban J connectivity index is 1.52. The lowest BCUT2D eigenvalue weighted by molar-refractivity contribution is 0.0659. The molecular weight excluding hydrogens is 348 g/mol. The van der Waals surface area contributed by atoms with Crippen LogP contribution in [0.4, 0.5) is 0 Å². The molecule has 3 aromatic heterocycles. The summed E-state index contributed by atoms with van der Waals surface area (Å²) >= 11 is 0. The number of carbonyl (C=O) groups is 1. The van der Waals surface area contributed by atoms with Crippen LogP contribution in [0, 0.1) is 6.92 Å². The van der Waals surface area contributed by atoms with Crippen molar-refractivity contribution in [3.05, 3.63) is 64.3 Å². The van der Waals surface area contributed by atoms with Gasteiger partial charge in [0.15, 0.2) is 11.2 Å². The van der Waals surface area contributed by atoms with Crippen molar-refractivity contribution in [1.29, 1.82) is 0 Å². The second-order valence-corrected chi connectivity index (χ2v) is 6.56. The van der Waals surface area contributed by atoms with E-state index < -0.39 is 0 Å². The van der Waals surface area contributed by atoms with Gasteiger partial charge in [0.25, 0.3) is 5.91 Å². The lowest BCUT2D eigenvalue weighted by atomic mass is 9.97. The number of hydrogen-bond acceptors (Lipinski definition) is 7. The van der Waals surface area contributed by atoms with Crippen LogP contribution in [0.2, 0.25) is 0 Å². The van der Waals surface area contributed by atoms with Gasteiger partial charge < -0.3 is 13.8 Å². The summed E-state index contributed by atoms with van der Waals surface area (Å²) in [4.78, 5) is 34.6. The van der Waals surface area contributed by atoms with Crippen molar-refractivity contribution in [3.8, 4) is 11.4 Å². The first-order valence-electron chi connectivity index (χ1n) is 8.75. The van der Waals surface area contributed by atoms with E-state index in [0.29, 0.717) is 30.6 Å². The predicted octanol–water partition coefficient (Wildman–Crippen LogP) is 2.41. The van der Waals surface area contributed by atoms with Crippen molar-refractivity contribution in [1.82, 2.24) is 20.0 Å². The highest BCUT2D eigenvalue weighted by atomic mass is 16.5. The van der Waals surface area contributed by atoms with E-state index in [9.17, 15) is 9.59 Å². The van der Waals surface area contributed by atoms with Crippen LogP contribution in [0.25, 0.3) is 11.4 Å². The summed E-state index contributed by atoms with van der Waals surface area (Å²) in [5.41, 5.74) is 0.534. The number of pyridine rings is 1. The van der Waals surface area contributed by atoms with Crippen LogP contribution in [0.15, 0.2) is 50.4 Å². The topological polar surface area (TPSA) is 102 Å². The number of rotatable bonds is 3. The second kappa shape index (κ2) is 7.14. The van der Waals surface area contributed by atoms with Gasteiger partial charge in [0.2, 0.25) is 11.7 Å². The Hall–Kier alpha value is -3.29. The van der Waals surface area contributed by atoms with Crippen LogP contribution in [0.5, 0.6) is 0 Å². The summed E-state index contributed by atoms with van der Waals surface area (Å²) < 4.78 is 10.9. The van der Waals surface area contributed by atoms with E-state index in [2.05, 4.69) is 15.1 Å². The zero-order valence-corrected chi connectivity index (χ0v) is 14.8. The highest BCUT2D eigenvalue weighted by molar-refractivity contribution is 5.91. The third-order valence-electron chi connectivity index (χ3n) is 4.52. The summed E-state index contributed by atoms with van der Waals surface area (Å²) in [6, 6.07) is 6.25. The van der Waals surface area contributed by atoms with Gasteiger partial charge in [-0.2, -0.15) is 4.98 Å². The van der Waals surface area contributed by atoms with Gasteiger partial charge in [-0.05, 0) is 31.9 Å². The van der Waals surface area contributed by atoms with Crippen molar-refractivity contribution in [3.63, 3.8) is 0 Å². The van der Waals surface area contributed by atoms with E-state index in [1.807, 2.05) is 12.1 Å². The molecule has 1 fully saturated rings. The zero-order chi connectivity index (χ0) is 18.8. The Morgan fingerprint density at radius 2 is 2.22 bits per heavy atom. The SMILES string of the molecule is Cc1cc(=O)cc(C(=O)N2CCC[C@H](c3nc(-c4cccnc4)no3)C2)o1. The van der Waals surface area contributed by atoms with Gasteiger partial charge in [-0.15, -0.1) is 0 Å². The van der Waals surface area contributed by atoms with Gasteiger partial charge in [0.1, 0.15) is 5.76 Å². The monoisotopic (exact) mass is 366 g/mol. The molecular formula is C19H18N4O4. The molecule has 4 heterocycles. The molecule has 1 aliphatic heterocycles. The van der Waals surface area contributed by atoms with Crippen molar-refractivity contribution in [2.45, 2.75) is 25.7 Å². The van der Waals surface area contributed by atoms with Crippen molar-refractivity contribution < 1.29 is 13.7 Å². The summed E-state index contributed by atoms with van der Waals surface area (Å²) in [5.74, 6) is 1.09. The lowest BCUT2D eigenvalue weighted by Gasteiger charge is -2.30. The molecule has 0 spiro atoms. The molecule has 4 rings (SSSR count). The first-order valence-corrected chi connectivity index (χ1v) is 8.75. The van der Waals surface area contributed by atoms with Crippen LogP contribution in [0.1, 0.15) is 41.0 Å². The van der Waals surface area contributed by atoms with Gasteiger partial charge in [-0.1, -0.05) is 5.16 Å². The molecule has 8 heteroatoms. The third kappa shape index (κ3) is 3.64. The number of carbonyl (C=O) groups excluding carboxylic acids is 1. The largest absolute Gasteiger partial charge is 0.456 e. The fourth-order valence-electron chi connectivity index (χ4n) is 3.24. The van der Waals surface area contributed by atoms with Crippen LogP contribution in [-0.4, -0.2) is 39.0 Å². The first kappa shape index (κ1) is 17.1. The van der Waals surface area contributed by atoms with E-state index in [1.165, 1.54) is 12.1 Å².